The highest BCUT2D eigenvalue weighted by Gasteiger charge is 2.24. The Labute approximate surface area is 119 Å². The van der Waals surface area contributed by atoms with Gasteiger partial charge in [-0.1, -0.05) is 42.8 Å². The summed E-state index contributed by atoms with van der Waals surface area (Å²) in [4.78, 5) is 0. The predicted octanol–water partition coefficient (Wildman–Crippen LogP) is 4.37. The molecule has 2 heteroatoms. The first-order valence-electron chi connectivity index (χ1n) is 7.25. The van der Waals surface area contributed by atoms with Gasteiger partial charge in [0.25, 0.3) is 0 Å². The smallest absolute Gasteiger partial charge is 0.123 e. The summed E-state index contributed by atoms with van der Waals surface area (Å²) < 4.78 is 12.9. The Morgan fingerprint density at radius 2 is 1.75 bits per heavy atom. The molecule has 2 aromatic rings. The molecular weight excluding hydrogens is 251 g/mol. The highest BCUT2D eigenvalue weighted by Crippen LogP contribution is 2.39. The molecule has 0 aliphatic heterocycles. The van der Waals surface area contributed by atoms with Crippen LogP contribution in [0.2, 0.25) is 0 Å². The summed E-state index contributed by atoms with van der Waals surface area (Å²) in [5, 5.41) is 10.5. The first-order chi connectivity index (χ1) is 9.74. The van der Waals surface area contributed by atoms with Gasteiger partial charge in [0.2, 0.25) is 0 Å². The number of aliphatic hydroxyl groups is 1. The molecule has 0 aromatic heterocycles. The molecule has 1 unspecified atom stereocenters. The van der Waals surface area contributed by atoms with Crippen LogP contribution in [0.1, 0.15) is 48.0 Å². The zero-order valence-corrected chi connectivity index (χ0v) is 11.4. The largest absolute Gasteiger partial charge is 0.388 e. The number of rotatable bonds is 4. The third kappa shape index (κ3) is 2.75. The highest BCUT2D eigenvalue weighted by molar-refractivity contribution is 5.34. The Bertz CT molecular complexity index is 572. The minimum atomic E-state index is -0.516. The lowest BCUT2D eigenvalue weighted by atomic mass is 9.77. The fourth-order valence-electron chi connectivity index (χ4n) is 2.86. The molecule has 1 nitrogen and oxygen atoms in total. The van der Waals surface area contributed by atoms with Gasteiger partial charge >= 0.3 is 0 Å². The number of hydrogen-bond acceptors (Lipinski definition) is 1. The van der Waals surface area contributed by atoms with E-state index in [2.05, 4.69) is 6.07 Å². The van der Waals surface area contributed by atoms with Gasteiger partial charge in [-0.15, -0.1) is 0 Å². The fraction of sp³-hybridized carbons (Fsp3) is 0.333. The van der Waals surface area contributed by atoms with E-state index in [-0.39, 0.29) is 5.82 Å². The molecule has 0 saturated heterocycles. The van der Waals surface area contributed by atoms with E-state index in [0.29, 0.717) is 12.3 Å². The maximum Gasteiger partial charge on any atom is 0.123 e. The summed E-state index contributed by atoms with van der Waals surface area (Å²) in [6, 6.07) is 14.5. The molecule has 1 N–H and O–H groups in total. The van der Waals surface area contributed by atoms with Crippen LogP contribution in [0.4, 0.5) is 4.39 Å². The Morgan fingerprint density at radius 1 is 1.05 bits per heavy atom. The van der Waals surface area contributed by atoms with Gasteiger partial charge in [-0.3, -0.25) is 0 Å². The van der Waals surface area contributed by atoms with Gasteiger partial charge in [-0.05, 0) is 47.6 Å². The van der Waals surface area contributed by atoms with E-state index in [1.54, 1.807) is 12.1 Å². The van der Waals surface area contributed by atoms with E-state index in [4.69, 9.17) is 0 Å². The van der Waals surface area contributed by atoms with Gasteiger partial charge in [0.05, 0.1) is 6.10 Å². The van der Waals surface area contributed by atoms with Crippen LogP contribution in [0.5, 0.6) is 0 Å². The van der Waals surface area contributed by atoms with Gasteiger partial charge < -0.3 is 5.11 Å². The molecule has 3 rings (SSSR count). The number of benzene rings is 2. The lowest BCUT2D eigenvalue weighted by molar-refractivity contribution is 0.175. The first-order valence-corrected chi connectivity index (χ1v) is 7.25. The molecular formula is C18H19FO. The SMILES string of the molecule is OC(Cc1ccc(F)cc1)c1ccccc1C1CCC1. The number of halogens is 1. The standard InChI is InChI=1S/C18H19FO/c19-15-10-8-13(9-11-15)12-18(20)17-7-2-1-6-16(17)14-4-3-5-14/h1-2,6-11,14,18,20H,3-5,12H2. The van der Waals surface area contributed by atoms with Crippen molar-refractivity contribution in [1.82, 2.24) is 0 Å². The molecule has 2 aromatic carbocycles. The molecule has 104 valence electrons. The minimum Gasteiger partial charge on any atom is -0.388 e. The van der Waals surface area contributed by atoms with Crippen LogP contribution >= 0.6 is 0 Å². The van der Waals surface area contributed by atoms with E-state index >= 15 is 0 Å². The van der Waals surface area contributed by atoms with Crippen molar-refractivity contribution in [3.63, 3.8) is 0 Å². The van der Waals surface area contributed by atoms with Gasteiger partial charge in [0, 0.05) is 6.42 Å². The van der Waals surface area contributed by atoms with E-state index < -0.39 is 6.10 Å². The van der Waals surface area contributed by atoms with Crippen LogP contribution in [-0.2, 0) is 6.42 Å². The number of aliphatic hydroxyl groups excluding tert-OH is 1. The van der Waals surface area contributed by atoms with Crippen molar-refractivity contribution in [3.05, 3.63) is 71.0 Å². The van der Waals surface area contributed by atoms with E-state index in [1.807, 2.05) is 18.2 Å². The first kappa shape index (κ1) is 13.3. The van der Waals surface area contributed by atoms with Gasteiger partial charge in [0.15, 0.2) is 0 Å². The quantitative estimate of drug-likeness (QED) is 0.874. The Kier molecular flexibility index (Phi) is 3.83. The second kappa shape index (κ2) is 5.76. The summed E-state index contributed by atoms with van der Waals surface area (Å²) in [7, 11) is 0. The summed E-state index contributed by atoms with van der Waals surface area (Å²) in [6.07, 6.45) is 3.75. The van der Waals surface area contributed by atoms with Crippen molar-refractivity contribution in [2.45, 2.75) is 37.7 Å². The van der Waals surface area contributed by atoms with E-state index in [1.165, 1.54) is 37.0 Å². The Hall–Kier alpha value is -1.67. The van der Waals surface area contributed by atoms with Gasteiger partial charge in [0.1, 0.15) is 5.82 Å². The predicted molar refractivity (Wildman–Crippen MR) is 78.1 cm³/mol. The fourth-order valence-corrected chi connectivity index (χ4v) is 2.86. The molecule has 0 amide bonds. The van der Waals surface area contributed by atoms with E-state index in [0.717, 1.165) is 11.1 Å². The average molecular weight is 270 g/mol. The van der Waals surface area contributed by atoms with Crippen LogP contribution in [0.3, 0.4) is 0 Å². The van der Waals surface area contributed by atoms with E-state index in [9.17, 15) is 9.50 Å². The van der Waals surface area contributed by atoms with Crippen LogP contribution in [0.25, 0.3) is 0 Å². The maximum absolute atomic E-state index is 12.9. The summed E-state index contributed by atoms with van der Waals surface area (Å²) >= 11 is 0. The van der Waals surface area contributed by atoms with Crippen LogP contribution in [0, 0.1) is 5.82 Å². The molecule has 1 aliphatic rings. The maximum atomic E-state index is 12.9. The minimum absolute atomic E-state index is 0.238. The lowest BCUT2D eigenvalue weighted by Gasteiger charge is -2.29. The monoisotopic (exact) mass is 270 g/mol. The zero-order valence-electron chi connectivity index (χ0n) is 11.4. The topological polar surface area (TPSA) is 20.2 Å². The third-order valence-corrected chi connectivity index (χ3v) is 4.24. The third-order valence-electron chi connectivity index (χ3n) is 4.24. The van der Waals surface area contributed by atoms with Gasteiger partial charge in [-0.2, -0.15) is 0 Å². The van der Waals surface area contributed by atoms with Crippen LogP contribution in [-0.4, -0.2) is 5.11 Å². The molecule has 0 heterocycles. The van der Waals surface area contributed by atoms with Crippen molar-refractivity contribution in [3.8, 4) is 0 Å². The molecule has 0 spiro atoms. The highest BCUT2D eigenvalue weighted by atomic mass is 19.1. The summed E-state index contributed by atoms with van der Waals surface area (Å²) in [6.45, 7) is 0. The zero-order chi connectivity index (χ0) is 13.9. The lowest BCUT2D eigenvalue weighted by Crippen LogP contribution is -2.14. The average Bonchev–Trinajstić information content (AvgIpc) is 2.40. The molecule has 20 heavy (non-hydrogen) atoms. The summed E-state index contributed by atoms with van der Waals surface area (Å²) in [5.41, 5.74) is 3.28. The van der Waals surface area contributed by atoms with Crippen molar-refractivity contribution < 1.29 is 9.50 Å². The molecule has 0 radical (unpaired) electrons. The molecule has 1 aliphatic carbocycles. The normalized spacial score (nSPS) is 16.7. The molecule has 1 saturated carbocycles. The van der Waals surface area contributed by atoms with Crippen molar-refractivity contribution in [2.75, 3.05) is 0 Å². The van der Waals surface area contributed by atoms with Crippen molar-refractivity contribution >= 4 is 0 Å². The molecule has 1 atom stereocenters. The summed E-state index contributed by atoms with van der Waals surface area (Å²) in [5.74, 6) is 0.368. The van der Waals surface area contributed by atoms with Crippen molar-refractivity contribution in [1.29, 1.82) is 0 Å². The molecule has 1 fully saturated rings. The van der Waals surface area contributed by atoms with Crippen LogP contribution in [0.15, 0.2) is 48.5 Å². The van der Waals surface area contributed by atoms with Crippen LogP contribution < -0.4 is 0 Å². The van der Waals surface area contributed by atoms with Gasteiger partial charge in [-0.25, -0.2) is 4.39 Å². The Morgan fingerprint density at radius 3 is 2.40 bits per heavy atom. The Balaban J connectivity index is 1.79. The second-order valence-electron chi connectivity index (χ2n) is 5.60. The number of hydrogen-bond donors (Lipinski definition) is 1. The molecule has 0 bridgehead atoms. The second-order valence-corrected chi connectivity index (χ2v) is 5.60. The van der Waals surface area contributed by atoms with Crippen molar-refractivity contribution in [2.24, 2.45) is 0 Å².